The Hall–Kier alpha value is -3.65. The zero-order valence-electron chi connectivity index (χ0n) is 13.5. The normalized spacial score (nSPS) is 10.7. The smallest absolute Gasteiger partial charge is 0.249 e. The van der Waals surface area contributed by atoms with Crippen LogP contribution in [0.5, 0.6) is 0 Å². The lowest BCUT2D eigenvalue weighted by Gasteiger charge is -2.08. The lowest BCUT2D eigenvalue weighted by molar-refractivity contribution is 0.913. The van der Waals surface area contributed by atoms with E-state index in [0.29, 0.717) is 11.1 Å². The number of hydrogen-bond acceptors (Lipinski definition) is 3. The molecule has 0 spiro atoms. The molecule has 1 N–H and O–H groups in total. The summed E-state index contributed by atoms with van der Waals surface area (Å²) in [5, 5.41) is 10.0. The number of aromatic nitrogens is 3. The highest BCUT2D eigenvalue weighted by atomic mass is 16.1. The third kappa shape index (κ3) is 2.70. The molecule has 2 aromatic carbocycles. The van der Waals surface area contributed by atoms with E-state index in [0.717, 1.165) is 27.8 Å². The van der Waals surface area contributed by atoms with Gasteiger partial charge in [-0.2, -0.15) is 5.26 Å². The van der Waals surface area contributed by atoms with E-state index >= 15 is 0 Å². The van der Waals surface area contributed by atoms with Crippen LogP contribution in [0.2, 0.25) is 0 Å². The summed E-state index contributed by atoms with van der Waals surface area (Å²) in [6, 6.07) is 16.9. The summed E-state index contributed by atoms with van der Waals surface area (Å²) in [6.45, 7) is 0. The maximum atomic E-state index is 12.1. The van der Waals surface area contributed by atoms with E-state index in [1.54, 1.807) is 30.6 Å². The highest BCUT2D eigenvalue weighted by Gasteiger charge is 2.09. The minimum absolute atomic E-state index is 0.171. The maximum Gasteiger partial charge on any atom is 0.249 e. The van der Waals surface area contributed by atoms with Gasteiger partial charge in [-0.15, -0.1) is 0 Å². The van der Waals surface area contributed by atoms with Crippen LogP contribution >= 0.6 is 0 Å². The second-order valence-electron chi connectivity index (χ2n) is 5.92. The van der Waals surface area contributed by atoms with Crippen LogP contribution in [0.1, 0.15) is 5.56 Å². The average molecular weight is 326 g/mol. The topological polar surface area (TPSA) is 74.5 Å². The van der Waals surface area contributed by atoms with Gasteiger partial charge in [0.2, 0.25) is 5.56 Å². The van der Waals surface area contributed by atoms with Crippen molar-refractivity contribution in [2.24, 2.45) is 7.05 Å². The molecule has 5 nitrogen and oxygen atoms in total. The molecule has 0 aliphatic heterocycles. The van der Waals surface area contributed by atoms with Gasteiger partial charge in [0.25, 0.3) is 0 Å². The molecule has 0 amide bonds. The molecule has 0 saturated carbocycles. The maximum absolute atomic E-state index is 12.1. The van der Waals surface area contributed by atoms with Crippen molar-refractivity contribution in [3.8, 4) is 28.5 Å². The number of rotatable bonds is 2. The minimum atomic E-state index is -0.171. The summed E-state index contributed by atoms with van der Waals surface area (Å²) < 4.78 is 1.89. The lowest BCUT2D eigenvalue weighted by Crippen LogP contribution is -2.05. The SMILES string of the molecule is Cn1cnc(-c2cccc(-c3cc(=O)[nH]c4ccc(C#N)cc34)c2)c1. The van der Waals surface area contributed by atoms with E-state index in [1.165, 1.54) is 0 Å². The fourth-order valence-corrected chi connectivity index (χ4v) is 2.97. The molecule has 4 aromatic rings. The summed E-state index contributed by atoms with van der Waals surface area (Å²) in [5.74, 6) is 0. The van der Waals surface area contributed by atoms with Crippen molar-refractivity contribution >= 4 is 10.9 Å². The van der Waals surface area contributed by atoms with Crippen molar-refractivity contribution < 1.29 is 0 Å². The van der Waals surface area contributed by atoms with Gasteiger partial charge in [0.05, 0.1) is 23.7 Å². The number of aryl methyl sites for hydroxylation is 1. The van der Waals surface area contributed by atoms with Crippen LogP contribution in [-0.4, -0.2) is 14.5 Å². The number of hydrogen-bond donors (Lipinski definition) is 1. The molecule has 0 saturated heterocycles. The van der Waals surface area contributed by atoms with Gasteiger partial charge in [-0.1, -0.05) is 18.2 Å². The zero-order valence-corrected chi connectivity index (χ0v) is 13.5. The average Bonchev–Trinajstić information content (AvgIpc) is 3.07. The number of imidazole rings is 1. The van der Waals surface area contributed by atoms with Gasteiger partial charge in [0, 0.05) is 35.8 Å². The highest BCUT2D eigenvalue weighted by Crippen LogP contribution is 2.30. The fraction of sp³-hybridized carbons (Fsp3) is 0.0500. The van der Waals surface area contributed by atoms with E-state index in [1.807, 2.05) is 42.1 Å². The number of nitrogens with one attached hydrogen (secondary N) is 1. The van der Waals surface area contributed by atoms with Crippen LogP contribution in [0, 0.1) is 11.3 Å². The molecule has 4 rings (SSSR count). The quantitative estimate of drug-likeness (QED) is 0.613. The number of pyridine rings is 1. The summed E-state index contributed by atoms with van der Waals surface area (Å²) in [5.41, 5.74) is 4.66. The number of nitriles is 1. The van der Waals surface area contributed by atoms with Gasteiger partial charge >= 0.3 is 0 Å². The third-order valence-corrected chi connectivity index (χ3v) is 4.15. The number of benzene rings is 2. The lowest BCUT2D eigenvalue weighted by atomic mass is 9.98. The van der Waals surface area contributed by atoms with Crippen molar-refractivity contribution in [1.82, 2.24) is 14.5 Å². The zero-order chi connectivity index (χ0) is 17.4. The summed E-state index contributed by atoms with van der Waals surface area (Å²) in [7, 11) is 1.92. The molecule has 120 valence electrons. The van der Waals surface area contributed by atoms with Gasteiger partial charge in [0.15, 0.2) is 0 Å². The number of aromatic amines is 1. The van der Waals surface area contributed by atoms with Crippen LogP contribution in [0.3, 0.4) is 0 Å². The molecule has 25 heavy (non-hydrogen) atoms. The van der Waals surface area contributed by atoms with Gasteiger partial charge in [-0.05, 0) is 35.4 Å². The molecule has 0 aliphatic rings. The van der Waals surface area contributed by atoms with Crippen molar-refractivity contribution in [2.75, 3.05) is 0 Å². The molecular formula is C20H14N4O. The molecule has 0 atom stereocenters. The molecule has 2 heterocycles. The van der Waals surface area contributed by atoms with E-state index in [-0.39, 0.29) is 5.56 Å². The van der Waals surface area contributed by atoms with Crippen molar-refractivity contribution in [3.63, 3.8) is 0 Å². The van der Waals surface area contributed by atoms with Gasteiger partial charge < -0.3 is 9.55 Å². The van der Waals surface area contributed by atoms with Crippen LogP contribution in [0.15, 0.2) is 65.8 Å². The standard InChI is InChI=1S/C20H14N4O/c1-24-11-19(22-12-24)15-4-2-3-14(8-15)16-9-20(25)23-18-6-5-13(10-21)7-17(16)18/h2-9,11-12H,1H3,(H,23,25). The van der Waals surface area contributed by atoms with Crippen LogP contribution in [0.4, 0.5) is 0 Å². The number of fused-ring (bicyclic) bond motifs is 1. The molecular weight excluding hydrogens is 312 g/mol. The highest BCUT2D eigenvalue weighted by molar-refractivity contribution is 5.95. The predicted octanol–water partition coefficient (Wildman–Crippen LogP) is 3.47. The molecule has 0 radical (unpaired) electrons. The Bertz CT molecular complexity index is 1190. The van der Waals surface area contributed by atoms with E-state index in [4.69, 9.17) is 0 Å². The molecule has 2 aromatic heterocycles. The van der Waals surface area contributed by atoms with E-state index < -0.39 is 0 Å². The molecule has 0 unspecified atom stereocenters. The Balaban J connectivity index is 1.95. The monoisotopic (exact) mass is 326 g/mol. The van der Waals surface area contributed by atoms with Gasteiger partial charge in [0.1, 0.15) is 0 Å². The van der Waals surface area contributed by atoms with E-state index in [9.17, 15) is 10.1 Å². The Morgan fingerprint density at radius 1 is 1.12 bits per heavy atom. The molecule has 0 fully saturated rings. The fourth-order valence-electron chi connectivity index (χ4n) is 2.97. The molecule has 0 aliphatic carbocycles. The van der Waals surface area contributed by atoms with Crippen LogP contribution in [0.25, 0.3) is 33.3 Å². The summed E-state index contributed by atoms with van der Waals surface area (Å²) in [6.07, 6.45) is 3.70. The van der Waals surface area contributed by atoms with Gasteiger partial charge in [-0.3, -0.25) is 4.79 Å². The van der Waals surface area contributed by atoms with Gasteiger partial charge in [-0.25, -0.2) is 4.98 Å². The Morgan fingerprint density at radius 3 is 2.72 bits per heavy atom. The van der Waals surface area contributed by atoms with Crippen molar-refractivity contribution in [1.29, 1.82) is 5.26 Å². The second kappa shape index (κ2) is 5.77. The second-order valence-corrected chi connectivity index (χ2v) is 5.92. The third-order valence-electron chi connectivity index (χ3n) is 4.15. The Morgan fingerprint density at radius 2 is 1.96 bits per heavy atom. The summed E-state index contributed by atoms with van der Waals surface area (Å²) >= 11 is 0. The largest absolute Gasteiger partial charge is 0.340 e. The molecule has 0 bridgehead atoms. The first-order chi connectivity index (χ1) is 12.1. The van der Waals surface area contributed by atoms with Crippen LogP contribution in [-0.2, 0) is 7.05 Å². The van der Waals surface area contributed by atoms with E-state index in [2.05, 4.69) is 16.0 Å². The van der Waals surface area contributed by atoms with Crippen molar-refractivity contribution in [3.05, 3.63) is 77.0 Å². The Labute approximate surface area is 143 Å². The first-order valence-electron chi connectivity index (χ1n) is 7.80. The summed E-state index contributed by atoms with van der Waals surface area (Å²) in [4.78, 5) is 19.3. The first-order valence-corrected chi connectivity index (χ1v) is 7.80. The number of H-pyrrole nitrogens is 1. The molecule has 5 heteroatoms. The van der Waals surface area contributed by atoms with Crippen molar-refractivity contribution in [2.45, 2.75) is 0 Å². The Kier molecular flexibility index (Phi) is 3.44. The number of nitrogens with zero attached hydrogens (tertiary/aromatic N) is 3. The first kappa shape index (κ1) is 14.9. The van der Waals surface area contributed by atoms with Crippen LogP contribution < -0.4 is 5.56 Å². The predicted molar refractivity (Wildman–Crippen MR) is 96.9 cm³/mol. The minimum Gasteiger partial charge on any atom is -0.340 e.